The van der Waals surface area contributed by atoms with Gasteiger partial charge in [0, 0.05) is 22.7 Å². The van der Waals surface area contributed by atoms with Crippen molar-refractivity contribution in [1.29, 1.82) is 0 Å². The van der Waals surface area contributed by atoms with Gasteiger partial charge in [-0.15, -0.1) is 0 Å². The van der Waals surface area contributed by atoms with Crippen LogP contribution in [0.4, 0.5) is 5.69 Å². The Bertz CT molecular complexity index is 1130. The second-order valence-electron chi connectivity index (χ2n) is 8.53. The first kappa shape index (κ1) is 22.9. The molecule has 0 atom stereocenters. The number of benzene rings is 2. The van der Waals surface area contributed by atoms with Crippen LogP contribution in [-0.2, 0) is 11.3 Å². The molecule has 0 bridgehead atoms. The van der Waals surface area contributed by atoms with Crippen LogP contribution in [0.15, 0.2) is 47.0 Å². The molecular weight excluding hydrogens is 412 g/mol. The molecule has 1 heterocycles. The summed E-state index contributed by atoms with van der Waals surface area (Å²) in [5.41, 5.74) is 1.86. The molecule has 3 aromatic rings. The quantitative estimate of drug-likeness (QED) is 0.395. The number of aryl methyl sites for hydroxylation is 2. The lowest BCUT2D eigenvalue weighted by Gasteiger charge is -2.34. The summed E-state index contributed by atoms with van der Waals surface area (Å²) in [7, 11) is 0. The molecule has 0 fully saturated rings. The third-order valence-corrected chi connectivity index (χ3v) is 4.88. The van der Waals surface area contributed by atoms with Crippen molar-refractivity contribution in [3.05, 3.63) is 69.6 Å². The summed E-state index contributed by atoms with van der Waals surface area (Å²) in [6.45, 7) is 9.21. The molecule has 1 amide bonds. The van der Waals surface area contributed by atoms with Crippen LogP contribution in [0.25, 0.3) is 11.4 Å². The Kier molecular flexibility index (Phi) is 6.57. The van der Waals surface area contributed by atoms with Crippen LogP contribution in [0, 0.1) is 24.0 Å². The van der Waals surface area contributed by atoms with E-state index in [2.05, 4.69) is 10.1 Å². The number of ether oxygens (including phenoxy) is 1. The van der Waals surface area contributed by atoms with Crippen molar-refractivity contribution in [2.45, 2.75) is 46.7 Å². The molecule has 0 aliphatic carbocycles. The third-order valence-electron chi connectivity index (χ3n) is 4.88. The molecule has 9 heteroatoms. The summed E-state index contributed by atoms with van der Waals surface area (Å²) in [5.74, 6) is 0.886. The number of hydrogen-bond donors (Lipinski definition) is 0. The lowest BCUT2D eigenvalue weighted by atomic mass is 10.1. The van der Waals surface area contributed by atoms with Gasteiger partial charge in [-0.2, -0.15) is 4.98 Å². The van der Waals surface area contributed by atoms with Crippen molar-refractivity contribution < 1.29 is 19.0 Å². The fraction of sp³-hybridized carbons (Fsp3) is 0.348. The molecule has 0 N–H and O–H groups in total. The molecule has 3 rings (SSSR count). The van der Waals surface area contributed by atoms with Gasteiger partial charge in [0.2, 0.25) is 11.7 Å². The molecule has 9 nitrogen and oxygen atoms in total. The van der Waals surface area contributed by atoms with E-state index in [-0.39, 0.29) is 24.7 Å². The number of rotatable bonds is 7. The fourth-order valence-corrected chi connectivity index (χ4v) is 3.20. The number of nitro groups is 1. The average Bonchev–Trinajstić information content (AvgIpc) is 3.18. The second-order valence-corrected chi connectivity index (χ2v) is 8.53. The van der Waals surface area contributed by atoms with Crippen LogP contribution in [0.5, 0.6) is 5.75 Å². The first-order valence-corrected chi connectivity index (χ1v) is 10.1. The van der Waals surface area contributed by atoms with E-state index in [1.165, 1.54) is 12.1 Å². The molecular formula is C23H26N4O5. The summed E-state index contributed by atoms with van der Waals surface area (Å²) >= 11 is 0. The Balaban J connectivity index is 1.71. The maximum absolute atomic E-state index is 13.0. The zero-order valence-electron chi connectivity index (χ0n) is 18.8. The molecule has 2 aromatic carbocycles. The number of carbonyl (C=O) groups excluding carboxylic acids is 1. The fourth-order valence-electron chi connectivity index (χ4n) is 3.20. The number of nitrogens with zero attached hydrogens (tertiary/aromatic N) is 4. The van der Waals surface area contributed by atoms with Crippen molar-refractivity contribution >= 4 is 11.6 Å². The number of amides is 1. The average molecular weight is 438 g/mol. The van der Waals surface area contributed by atoms with Gasteiger partial charge in [-0.3, -0.25) is 14.9 Å². The van der Waals surface area contributed by atoms with Crippen LogP contribution in [0.1, 0.15) is 37.8 Å². The number of carbonyl (C=O) groups is 1. The summed E-state index contributed by atoms with van der Waals surface area (Å²) in [6.07, 6.45) is 0. The summed E-state index contributed by atoms with van der Waals surface area (Å²) in [4.78, 5) is 29.5. The number of nitro benzene ring substituents is 1. The lowest BCUT2D eigenvalue weighted by Crippen LogP contribution is -2.47. The highest BCUT2D eigenvalue weighted by Gasteiger charge is 2.29. The lowest BCUT2D eigenvalue weighted by molar-refractivity contribution is -0.385. The van der Waals surface area contributed by atoms with Crippen molar-refractivity contribution in [1.82, 2.24) is 15.0 Å². The van der Waals surface area contributed by atoms with E-state index in [4.69, 9.17) is 9.26 Å². The van der Waals surface area contributed by atoms with Gasteiger partial charge in [-0.05, 0) is 52.8 Å². The minimum Gasteiger partial charge on any atom is -0.484 e. The second kappa shape index (κ2) is 9.17. The number of hydrogen-bond acceptors (Lipinski definition) is 7. The molecule has 32 heavy (non-hydrogen) atoms. The van der Waals surface area contributed by atoms with Gasteiger partial charge in [-0.1, -0.05) is 28.9 Å². The van der Waals surface area contributed by atoms with Gasteiger partial charge < -0.3 is 14.2 Å². The molecule has 0 spiro atoms. The van der Waals surface area contributed by atoms with E-state index in [9.17, 15) is 14.9 Å². The van der Waals surface area contributed by atoms with E-state index in [1.807, 2.05) is 52.0 Å². The smallest absolute Gasteiger partial charge is 0.272 e. The first-order valence-electron chi connectivity index (χ1n) is 10.1. The highest BCUT2D eigenvalue weighted by Crippen LogP contribution is 2.24. The van der Waals surface area contributed by atoms with E-state index in [1.54, 1.807) is 17.9 Å². The maximum Gasteiger partial charge on any atom is 0.272 e. The Morgan fingerprint density at radius 3 is 2.56 bits per heavy atom. The van der Waals surface area contributed by atoms with Gasteiger partial charge in [0.15, 0.2) is 6.61 Å². The molecule has 0 saturated carbocycles. The zero-order chi connectivity index (χ0) is 23.5. The Hall–Kier alpha value is -3.75. The van der Waals surface area contributed by atoms with E-state index >= 15 is 0 Å². The van der Waals surface area contributed by atoms with Crippen LogP contribution in [-0.4, -0.2) is 38.0 Å². The van der Waals surface area contributed by atoms with Gasteiger partial charge in [0.05, 0.1) is 4.92 Å². The van der Waals surface area contributed by atoms with E-state index in [0.29, 0.717) is 23.0 Å². The van der Waals surface area contributed by atoms with Crippen molar-refractivity contribution in [2.75, 3.05) is 6.61 Å². The minimum absolute atomic E-state index is 0.000743. The highest BCUT2D eigenvalue weighted by molar-refractivity contribution is 5.78. The molecule has 0 aliphatic rings. The number of aromatic nitrogens is 2. The highest BCUT2D eigenvalue weighted by atomic mass is 16.6. The molecule has 0 unspecified atom stereocenters. The van der Waals surface area contributed by atoms with Crippen molar-refractivity contribution in [3.63, 3.8) is 0 Å². The summed E-state index contributed by atoms with van der Waals surface area (Å²) in [6, 6.07) is 12.1. The topological polar surface area (TPSA) is 112 Å². The monoisotopic (exact) mass is 438 g/mol. The maximum atomic E-state index is 13.0. The normalized spacial score (nSPS) is 11.3. The molecule has 1 aromatic heterocycles. The predicted molar refractivity (Wildman–Crippen MR) is 118 cm³/mol. The van der Waals surface area contributed by atoms with E-state index in [0.717, 1.165) is 11.1 Å². The summed E-state index contributed by atoms with van der Waals surface area (Å²) < 4.78 is 11.0. The molecule has 168 valence electrons. The molecule has 0 saturated heterocycles. The Morgan fingerprint density at radius 1 is 1.19 bits per heavy atom. The Morgan fingerprint density at radius 2 is 1.94 bits per heavy atom. The Labute approximate surface area is 186 Å². The zero-order valence-corrected chi connectivity index (χ0v) is 18.8. The largest absolute Gasteiger partial charge is 0.484 e. The van der Waals surface area contributed by atoms with Gasteiger partial charge in [-0.25, -0.2) is 0 Å². The van der Waals surface area contributed by atoms with Crippen molar-refractivity contribution in [3.8, 4) is 17.1 Å². The van der Waals surface area contributed by atoms with Crippen LogP contribution < -0.4 is 4.74 Å². The third kappa shape index (κ3) is 5.48. The van der Waals surface area contributed by atoms with Crippen LogP contribution in [0.2, 0.25) is 0 Å². The SMILES string of the molecule is Cc1cccc(-c2noc(CN(C(=O)COc3ccc([N+](=O)[O-])c(C)c3)C(C)(C)C)n2)c1. The van der Waals surface area contributed by atoms with Crippen LogP contribution in [0.3, 0.4) is 0 Å². The molecule has 0 aliphatic heterocycles. The summed E-state index contributed by atoms with van der Waals surface area (Å²) in [5, 5.41) is 15.0. The molecule has 0 radical (unpaired) electrons. The van der Waals surface area contributed by atoms with E-state index < -0.39 is 10.5 Å². The predicted octanol–water partition coefficient (Wildman–Crippen LogP) is 4.47. The van der Waals surface area contributed by atoms with Gasteiger partial charge in [0.1, 0.15) is 12.3 Å². The van der Waals surface area contributed by atoms with Crippen LogP contribution >= 0.6 is 0 Å². The van der Waals surface area contributed by atoms with Gasteiger partial charge >= 0.3 is 0 Å². The van der Waals surface area contributed by atoms with Crippen molar-refractivity contribution in [2.24, 2.45) is 0 Å². The standard InChI is InChI=1S/C23H26N4O5/c1-15-7-6-8-17(11-15)22-24-20(32-25-22)13-26(23(3,4)5)21(28)14-31-18-9-10-19(27(29)30)16(2)12-18/h6-12H,13-14H2,1-5H3. The van der Waals surface area contributed by atoms with Gasteiger partial charge in [0.25, 0.3) is 11.6 Å². The minimum atomic E-state index is -0.524. The first-order chi connectivity index (χ1) is 15.0.